The Balaban J connectivity index is 1.48. The van der Waals surface area contributed by atoms with Crippen molar-refractivity contribution in [1.29, 1.82) is 0 Å². The van der Waals surface area contributed by atoms with Crippen molar-refractivity contribution in [2.24, 2.45) is 0 Å². The minimum Gasteiger partial charge on any atom is -0.419 e. The minimum atomic E-state index is -1.33. The Labute approximate surface area is 192 Å². The number of carbonyl (C=O) groups is 2. The smallest absolute Gasteiger partial charge is 0.326 e. The second kappa shape index (κ2) is 8.05. The largest absolute Gasteiger partial charge is 0.419 e. The van der Waals surface area contributed by atoms with Crippen LogP contribution >= 0.6 is 15.9 Å². The number of amides is 3. The molecule has 3 aromatic carbocycles. The number of benzene rings is 3. The van der Waals surface area contributed by atoms with Crippen molar-refractivity contribution in [2.45, 2.75) is 12.1 Å². The van der Waals surface area contributed by atoms with Gasteiger partial charge < -0.3 is 9.73 Å². The van der Waals surface area contributed by atoms with E-state index in [4.69, 9.17) is 4.42 Å². The van der Waals surface area contributed by atoms with Gasteiger partial charge in [-0.1, -0.05) is 76.6 Å². The molecule has 0 atom stereocenters. The molecule has 2 heterocycles. The fraction of sp³-hybridized carbons (Fsp3) is 0.0833. The Hall–Kier alpha value is -3.78. The van der Waals surface area contributed by atoms with Gasteiger partial charge in [0.25, 0.3) is 5.91 Å². The molecule has 0 aliphatic carbocycles. The van der Waals surface area contributed by atoms with Gasteiger partial charge in [0.1, 0.15) is 6.54 Å². The molecule has 0 bridgehead atoms. The fourth-order valence-electron chi connectivity index (χ4n) is 3.82. The summed E-state index contributed by atoms with van der Waals surface area (Å²) >= 11 is 3.39. The van der Waals surface area contributed by atoms with Crippen LogP contribution < -0.4 is 5.32 Å². The van der Waals surface area contributed by atoms with Crippen LogP contribution in [0, 0.1) is 0 Å². The van der Waals surface area contributed by atoms with Crippen LogP contribution in [-0.2, 0) is 16.9 Å². The van der Waals surface area contributed by atoms with Gasteiger partial charge in [-0.25, -0.2) is 4.79 Å². The number of aromatic nitrogens is 2. The summed E-state index contributed by atoms with van der Waals surface area (Å²) in [7, 11) is 0. The van der Waals surface area contributed by atoms with E-state index in [2.05, 4.69) is 31.4 Å². The number of carbonyl (C=O) groups excluding carboxylic acids is 2. The Morgan fingerprint density at radius 3 is 2.03 bits per heavy atom. The van der Waals surface area contributed by atoms with E-state index >= 15 is 0 Å². The third-order valence-corrected chi connectivity index (χ3v) is 5.90. The third-order valence-electron chi connectivity index (χ3n) is 5.37. The van der Waals surface area contributed by atoms with Gasteiger partial charge in [0.05, 0.1) is 0 Å². The summed E-state index contributed by atoms with van der Waals surface area (Å²) in [4.78, 5) is 27.8. The number of halogens is 1. The maximum atomic E-state index is 13.7. The summed E-state index contributed by atoms with van der Waals surface area (Å²) in [6.45, 7) is -0.129. The summed E-state index contributed by atoms with van der Waals surface area (Å²) in [5.41, 5.74) is 0.766. The normalized spacial score (nSPS) is 15.1. The van der Waals surface area contributed by atoms with Crippen molar-refractivity contribution < 1.29 is 14.0 Å². The molecule has 1 N–H and O–H groups in total. The van der Waals surface area contributed by atoms with E-state index in [0.29, 0.717) is 17.0 Å². The highest BCUT2D eigenvalue weighted by atomic mass is 79.9. The highest BCUT2D eigenvalue weighted by molar-refractivity contribution is 9.10. The summed E-state index contributed by atoms with van der Waals surface area (Å²) < 4.78 is 6.67. The van der Waals surface area contributed by atoms with Gasteiger partial charge in [-0.3, -0.25) is 9.69 Å². The van der Waals surface area contributed by atoms with Crippen molar-refractivity contribution in [3.8, 4) is 11.5 Å². The van der Waals surface area contributed by atoms with Crippen LogP contribution in [-0.4, -0.2) is 27.0 Å². The van der Waals surface area contributed by atoms with Crippen LogP contribution in [0.4, 0.5) is 4.79 Å². The SMILES string of the molecule is O=C1NC(c2ccccc2)(c2ccccc2)C(=O)N1Cc1nnc(-c2ccc(Br)cc2)o1. The van der Waals surface area contributed by atoms with E-state index in [1.54, 1.807) is 0 Å². The molecule has 32 heavy (non-hydrogen) atoms. The third kappa shape index (κ3) is 3.38. The zero-order valence-electron chi connectivity index (χ0n) is 16.7. The number of hydrogen-bond acceptors (Lipinski definition) is 5. The standard InChI is InChI=1S/C24H17BrN4O3/c25-19-13-11-16(12-14-19)21-28-27-20(32-21)15-29-22(30)24(26-23(29)31,17-7-3-1-4-8-17)18-9-5-2-6-10-18/h1-14H,15H2,(H,26,31). The second-order valence-electron chi connectivity index (χ2n) is 7.31. The van der Waals surface area contributed by atoms with Gasteiger partial charge in [-0.15, -0.1) is 10.2 Å². The van der Waals surface area contributed by atoms with Crippen molar-refractivity contribution in [1.82, 2.24) is 20.4 Å². The molecule has 7 nitrogen and oxygen atoms in total. The number of rotatable bonds is 5. The molecular formula is C24H17BrN4O3. The number of nitrogens with zero attached hydrogens (tertiary/aromatic N) is 3. The molecule has 0 unspecified atom stereocenters. The molecule has 1 saturated heterocycles. The van der Waals surface area contributed by atoms with E-state index in [9.17, 15) is 9.59 Å². The highest BCUT2D eigenvalue weighted by Gasteiger charge is 2.53. The molecule has 1 aliphatic rings. The lowest BCUT2D eigenvalue weighted by atomic mass is 9.82. The first-order valence-corrected chi connectivity index (χ1v) is 10.7. The molecule has 8 heteroatoms. The van der Waals surface area contributed by atoms with E-state index in [0.717, 1.165) is 14.9 Å². The quantitative estimate of drug-likeness (QED) is 0.418. The van der Waals surface area contributed by atoms with Crippen molar-refractivity contribution in [3.63, 3.8) is 0 Å². The lowest BCUT2D eigenvalue weighted by Crippen LogP contribution is -2.45. The summed E-state index contributed by atoms with van der Waals surface area (Å²) in [6.07, 6.45) is 0. The van der Waals surface area contributed by atoms with Gasteiger partial charge in [-0.05, 0) is 35.4 Å². The molecule has 0 radical (unpaired) electrons. The maximum absolute atomic E-state index is 13.7. The van der Waals surface area contributed by atoms with Crippen molar-refractivity contribution in [2.75, 3.05) is 0 Å². The summed E-state index contributed by atoms with van der Waals surface area (Å²) in [6, 6.07) is 25.3. The monoisotopic (exact) mass is 488 g/mol. The highest BCUT2D eigenvalue weighted by Crippen LogP contribution is 2.36. The molecule has 0 saturated carbocycles. The van der Waals surface area contributed by atoms with E-state index in [-0.39, 0.29) is 12.4 Å². The zero-order chi connectivity index (χ0) is 22.1. The number of hydrogen-bond donors (Lipinski definition) is 1. The van der Waals surface area contributed by atoms with Crippen molar-refractivity contribution in [3.05, 3.63) is 106 Å². The Morgan fingerprint density at radius 1 is 0.844 bits per heavy atom. The van der Waals surface area contributed by atoms with Crippen LogP contribution in [0.15, 0.2) is 93.8 Å². The van der Waals surface area contributed by atoms with Crippen molar-refractivity contribution >= 4 is 27.9 Å². The first-order valence-electron chi connectivity index (χ1n) is 9.91. The average Bonchev–Trinajstić information content (AvgIpc) is 3.40. The van der Waals surface area contributed by atoms with E-state index in [1.165, 1.54) is 0 Å². The van der Waals surface area contributed by atoms with Crippen LogP contribution in [0.3, 0.4) is 0 Å². The number of urea groups is 1. The predicted molar refractivity (Wildman–Crippen MR) is 120 cm³/mol. The molecular weight excluding hydrogens is 472 g/mol. The average molecular weight is 489 g/mol. The van der Waals surface area contributed by atoms with Crippen LogP contribution in [0.1, 0.15) is 17.0 Å². The minimum absolute atomic E-state index is 0.129. The maximum Gasteiger partial charge on any atom is 0.326 e. The van der Waals surface area contributed by atoms with Gasteiger partial charge in [0.2, 0.25) is 11.8 Å². The first-order chi connectivity index (χ1) is 15.6. The van der Waals surface area contributed by atoms with Crippen LogP contribution in [0.2, 0.25) is 0 Å². The molecule has 1 aromatic heterocycles. The van der Waals surface area contributed by atoms with Gasteiger partial charge in [0, 0.05) is 10.0 Å². The number of nitrogens with one attached hydrogen (secondary N) is 1. The Kier molecular flexibility index (Phi) is 5.07. The molecule has 5 rings (SSSR count). The Bertz CT molecular complexity index is 1230. The lowest BCUT2D eigenvalue weighted by molar-refractivity contribution is -0.130. The molecule has 0 spiro atoms. The summed E-state index contributed by atoms with van der Waals surface area (Å²) in [5, 5.41) is 11.0. The fourth-order valence-corrected chi connectivity index (χ4v) is 4.08. The van der Waals surface area contributed by atoms with Crippen LogP contribution in [0.5, 0.6) is 0 Å². The van der Waals surface area contributed by atoms with Gasteiger partial charge >= 0.3 is 6.03 Å². The molecule has 1 fully saturated rings. The molecule has 158 valence electrons. The first kappa shape index (κ1) is 20.1. The predicted octanol–water partition coefficient (Wildman–Crippen LogP) is 4.49. The van der Waals surface area contributed by atoms with Gasteiger partial charge in [0.15, 0.2) is 5.54 Å². The number of imide groups is 1. The topological polar surface area (TPSA) is 88.3 Å². The van der Waals surface area contributed by atoms with E-state index < -0.39 is 17.5 Å². The molecule has 3 amide bonds. The van der Waals surface area contributed by atoms with E-state index in [1.807, 2.05) is 84.9 Å². The molecule has 1 aliphatic heterocycles. The lowest BCUT2D eigenvalue weighted by Gasteiger charge is -2.27. The van der Waals surface area contributed by atoms with Crippen LogP contribution in [0.25, 0.3) is 11.5 Å². The molecule has 4 aromatic rings. The second-order valence-corrected chi connectivity index (χ2v) is 8.23. The van der Waals surface area contributed by atoms with Gasteiger partial charge in [-0.2, -0.15) is 0 Å². The Morgan fingerprint density at radius 2 is 1.44 bits per heavy atom. The zero-order valence-corrected chi connectivity index (χ0v) is 18.3. The summed E-state index contributed by atoms with van der Waals surface area (Å²) in [5.74, 6) is 0.0866.